The fraction of sp³-hybridized carbons (Fsp3) is 0.625. The van der Waals surface area contributed by atoms with Gasteiger partial charge in [0.1, 0.15) is 5.75 Å². The van der Waals surface area contributed by atoms with Crippen LogP contribution in [0.25, 0.3) is 0 Å². The molecule has 0 saturated carbocycles. The van der Waals surface area contributed by atoms with Gasteiger partial charge in [0.2, 0.25) is 0 Å². The number of rotatable bonds is 2. The SMILES string of the molecule is COc1ccc(N2CCNC(C(C)(C)C)C2)c(C)c1. The highest BCUT2D eigenvalue weighted by atomic mass is 16.5. The first-order chi connectivity index (χ1) is 8.91. The molecule has 1 aliphatic heterocycles. The van der Waals surface area contributed by atoms with E-state index in [1.54, 1.807) is 7.11 Å². The summed E-state index contributed by atoms with van der Waals surface area (Å²) >= 11 is 0. The Morgan fingerprint density at radius 3 is 2.63 bits per heavy atom. The monoisotopic (exact) mass is 262 g/mol. The third kappa shape index (κ3) is 3.21. The number of hydrogen-bond donors (Lipinski definition) is 1. The molecule has 1 aromatic carbocycles. The molecule has 0 spiro atoms. The summed E-state index contributed by atoms with van der Waals surface area (Å²) in [7, 11) is 1.72. The molecule has 1 atom stereocenters. The molecular weight excluding hydrogens is 236 g/mol. The van der Waals surface area contributed by atoms with Gasteiger partial charge in [-0.1, -0.05) is 20.8 Å². The summed E-state index contributed by atoms with van der Waals surface area (Å²) in [5.41, 5.74) is 2.91. The van der Waals surface area contributed by atoms with E-state index in [4.69, 9.17) is 4.74 Å². The Kier molecular flexibility index (Phi) is 4.04. The highest BCUT2D eigenvalue weighted by Gasteiger charge is 2.29. The van der Waals surface area contributed by atoms with Crippen molar-refractivity contribution in [2.45, 2.75) is 33.7 Å². The topological polar surface area (TPSA) is 24.5 Å². The second kappa shape index (κ2) is 5.41. The van der Waals surface area contributed by atoms with Crippen LogP contribution in [0.15, 0.2) is 18.2 Å². The molecule has 1 unspecified atom stereocenters. The Labute approximate surface area is 116 Å². The minimum atomic E-state index is 0.291. The summed E-state index contributed by atoms with van der Waals surface area (Å²) in [5, 5.41) is 3.63. The quantitative estimate of drug-likeness (QED) is 0.887. The number of aryl methyl sites for hydroxylation is 1. The van der Waals surface area contributed by atoms with E-state index in [0.717, 1.165) is 25.4 Å². The van der Waals surface area contributed by atoms with Gasteiger partial charge in [-0.3, -0.25) is 0 Å². The van der Waals surface area contributed by atoms with E-state index >= 15 is 0 Å². The molecule has 1 aliphatic rings. The molecule has 0 aromatic heterocycles. The summed E-state index contributed by atoms with van der Waals surface area (Å²) in [5.74, 6) is 0.934. The van der Waals surface area contributed by atoms with E-state index in [2.05, 4.69) is 56.1 Å². The van der Waals surface area contributed by atoms with Gasteiger partial charge in [-0.15, -0.1) is 0 Å². The highest BCUT2D eigenvalue weighted by Crippen LogP contribution is 2.28. The zero-order valence-corrected chi connectivity index (χ0v) is 12.8. The van der Waals surface area contributed by atoms with Crippen molar-refractivity contribution in [3.05, 3.63) is 23.8 Å². The third-order valence-electron chi connectivity index (χ3n) is 3.97. The van der Waals surface area contributed by atoms with Crippen LogP contribution in [0.4, 0.5) is 5.69 Å². The molecule has 0 bridgehead atoms. The Balaban J connectivity index is 2.17. The first kappa shape index (κ1) is 14.2. The summed E-state index contributed by atoms with van der Waals surface area (Å²) in [4.78, 5) is 2.49. The minimum Gasteiger partial charge on any atom is -0.497 e. The first-order valence-electron chi connectivity index (χ1n) is 7.05. The maximum atomic E-state index is 5.28. The average molecular weight is 262 g/mol. The van der Waals surface area contributed by atoms with Crippen molar-refractivity contribution in [1.82, 2.24) is 5.32 Å². The molecule has 19 heavy (non-hydrogen) atoms. The zero-order valence-electron chi connectivity index (χ0n) is 12.8. The van der Waals surface area contributed by atoms with Crippen molar-refractivity contribution in [2.24, 2.45) is 5.41 Å². The normalized spacial score (nSPS) is 20.5. The molecule has 3 nitrogen and oxygen atoms in total. The van der Waals surface area contributed by atoms with Crippen LogP contribution >= 0.6 is 0 Å². The average Bonchev–Trinajstić information content (AvgIpc) is 2.37. The van der Waals surface area contributed by atoms with Crippen molar-refractivity contribution in [3.8, 4) is 5.75 Å². The highest BCUT2D eigenvalue weighted by molar-refractivity contribution is 5.56. The molecule has 3 heteroatoms. The van der Waals surface area contributed by atoms with Gasteiger partial charge in [0, 0.05) is 31.4 Å². The van der Waals surface area contributed by atoms with Gasteiger partial charge in [0.25, 0.3) is 0 Å². The Morgan fingerprint density at radius 1 is 1.32 bits per heavy atom. The van der Waals surface area contributed by atoms with E-state index < -0.39 is 0 Å². The van der Waals surface area contributed by atoms with E-state index in [1.165, 1.54) is 11.3 Å². The number of hydrogen-bond acceptors (Lipinski definition) is 3. The fourth-order valence-corrected chi connectivity index (χ4v) is 2.66. The Morgan fingerprint density at radius 2 is 2.05 bits per heavy atom. The first-order valence-corrected chi connectivity index (χ1v) is 7.05. The molecule has 2 rings (SSSR count). The van der Waals surface area contributed by atoms with Gasteiger partial charge >= 0.3 is 0 Å². The lowest BCUT2D eigenvalue weighted by Gasteiger charge is -2.42. The van der Waals surface area contributed by atoms with Crippen LogP contribution in [-0.4, -0.2) is 32.8 Å². The second-order valence-electron chi connectivity index (χ2n) is 6.47. The second-order valence-corrected chi connectivity index (χ2v) is 6.47. The van der Waals surface area contributed by atoms with Crippen molar-refractivity contribution < 1.29 is 4.74 Å². The predicted octanol–water partition coefficient (Wildman–Crippen LogP) is 2.83. The van der Waals surface area contributed by atoms with Crippen molar-refractivity contribution in [1.29, 1.82) is 0 Å². The van der Waals surface area contributed by atoms with E-state index in [1.807, 2.05) is 0 Å². The summed E-state index contributed by atoms with van der Waals surface area (Å²) < 4.78 is 5.28. The minimum absolute atomic E-state index is 0.291. The molecular formula is C16H26N2O. The number of methoxy groups -OCH3 is 1. The van der Waals surface area contributed by atoms with Crippen LogP contribution in [-0.2, 0) is 0 Å². The molecule has 0 amide bonds. The van der Waals surface area contributed by atoms with Gasteiger partial charge < -0.3 is 15.0 Å². The molecule has 1 fully saturated rings. The molecule has 1 aromatic rings. The number of anilines is 1. The zero-order chi connectivity index (χ0) is 14.0. The molecule has 106 valence electrons. The molecule has 1 N–H and O–H groups in total. The van der Waals surface area contributed by atoms with Crippen LogP contribution in [0.3, 0.4) is 0 Å². The summed E-state index contributed by atoms with van der Waals surface area (Å²) in [6, 6.07) is 6.88. The largest absolute Gasteiger partial charge is 0.497 e. The number of benzene rings is 1. The smallest absolute Gasteiger partial charge is 0.119 e. The van der Waals surface area contributed by atoms with Crippen molar-refractivity contribution in [3.63, 3.8) is 0 Å². The number of piperazine rings is 1. The summed E-state index contributed by atoms with van der Waals surface area (Å²) in [6.45, 7) is 12.2. The number of ether oxygens (including phenoxy) is 1. The standard InChI is InChI=1S/C16H26N2O/c1-12-10-13(19-5)6-7-14(12)18-9-8-17-15(11-18)16(2,3)4/h6-7,10,15,17H,8-9,11H2,1-5H3. The van der Waals surface area contributed by atoms with Crippen LogP contribution in [0.5, 0.6) is 5.75 Å². The van der Waals surface area contributed by atoms with Gasteiger partial charge in [-0.2, -0.15) is 0 Å². The predicted molar refractivity (Wildman–Crippen MR) is 81.2 cm³/mol. The lowest BCUT2D eigenvalue weighted by molar-refractivity contribution is 0.254. The lowest BCUT2D eigenvalue weighted by atomic mass is 9.85. The Hall–Kier alpha value is -1.22. The Bertz CT molecular complexity index is 437. The van der Waals surface area contributed by atoms with Gasteiger partial charge in [0.05, 0.1) is 7.11 Å². The van der Waals surface area contributed by atoms with Crippen LogP contribution in [0.2, 0.25) is 0 Å². The number of nitrogens with one attached hydrogen (secondary N) is 1. The van der Waals surface area contributed by atoms with E-state index in [0.29, 0.717) is 11.5 Å². The van der Waals surface area contributed by atoms with Gasteiger partial charge in [-0.05, 0) is 36.1 Å². The van der Waals surface area contributed by atoms with E-state index in [-0.39, 0.29) is 0 Å². The maximum absolute atomic E-state index is 5.28. The molecule has 1 heterocycles. The van der Waals surface area contributed by atoms with Crippen LogP contribution < -0.4 is 15.0 Å². The number of nitrogens with zero attached hydrogens (tertiary/aromatic N) is 1. The van der Waals surface area contributed by atoms with Crippen LogP contribution in [0, 0.1) is 12.3 Å². The molecule has 0 radical (unpaired) electrons. The van der Waals surface area contributed by atoms with Crippen molar-refractivity contribution in [2.75, 3.05) is 31.6 Å². The molecule has 0 aliphatic carbocycles. The maximum Gasteiger partial charge on any atom is 0.119 e. The van der Waals surface area contributed by atoms with Crippen molar-refractivity contribution >= 4 is 5.69 Å². The third-order valence-corrected chi connectivity index (χ3v) is 3.97. The summed E-state index contributed by atoms with van der Waals surface area (Å²) in [6.07, 6.45) is 0. The van der Waals surface area contributed by atoms with E-state index in [9.17, 15) is 0 Å². The van der Waals surface area contributed by atoms with Gasteiger partial charge in [0.15, 0.2) is 0 Å². The molecule has 1 saturated heterocycles. The lowest BCUT2D eigenvalue weighted by Crippen LogP contribution is -2.56. The van der Waals surface area contributed by atoms with Gasteiger partial charge in [-0.25, -0.2) is 0 Å². The van der Waals surface area contributed by atoms with Crippen LogP contribution in [0.1, 0.15) is 26.3 Å². The fourth-order valence-electron chi connectivity index (χ4n) is 2.66.